The van der Waals surface area contributed by atoms with Crippen LogP contribution in [0.3, 0.4) is 0 Å². The molecule has 200 valence electrons. The molecule has 3 heterocycles. The van der Waals surface area contributed by atoms with Gasteiger partial charge in [-0.25, -0.2) is 4.39 Å². The van der Waals surface area contributed by atoms with Gasteiger partial charge in [0.2, 0.25) is 0 Å². The lowest BCUT2D eigenvalue weighted by atomic mass is 9.68. The van der Waals surface area contributed by atoms with Gasteiger partial charge in [-0.1, -0.05) is 13.8 Å². The van der Waals surface area contributed by atoms with E-state index in [1.165, 1.54) is 0 Å². The predicted molar refractivity (Wildman–Crippen MR) is 142 cm³/mol. The lowest BCUT2D eigenvalue weighted by Gasteiger charge is -2.56. The zero-order chi connectivity index (χ0) is 26.6. The Morgan fingerprint density at radius 3 is 2.32 bits per heavy atom. The minimum atomic E-state index is -1.14. The highest BCUT2D eigenvalue weighted by Gasteiger charge is 2.46. The molecule has 6 rings (SSSR count). The first-order valence-electron chi connectivity index (χ1n) is 13.8. The van der Waals surface area contributed by atoms with E-state index in [1.54, 1.807) is 11.0 Å². The van der Waals surface area contributed by atoms with E-state index in [1.807, 2.05) is 45.9 Å². The van der Waals surface area contributed by atoms with Gasteiger partial charge in [-0.3, -0.25) is 0 Å². The first kappa shape index (κ1) is 26.0. The number of hydrogen-bond donors (Lipinski definition) is 0. The van der Waals surface area contributed by atoms with Crippen LogP contribution in [-0.2, 0) is 6.42 Å². The van der Waals surface area contributed by atoms with Crippen molar-refractivity contribution >= 4 is 6.09 Å². The van der Waals surface area contributed by atoms with Crippen LogP contribution in [0.1, 0.15) is 75.3 Å². The second-order valence-corrected chi connectivity index (χ2v) is 12.4. The van der Waals surface area contributed by atoms with Crippen LogP contribution < -0.4 is 9.84 Å². The summed E-state index contributed by atoms with van der Waals surface area (Å²) in [4.78, 5) is 16.7. The maximum Gasteiger partial charge on any atom is 0.137 e. The molecule has 6 heteroatoms. The van der Waals surface area contributed by atoms with Crippen molar-refractivity contribution in [2.24, 2.45) is 11.3 Å². The van der Waals surface area contributed by atoms with Gasteiger partial charge in [-0.2, -0.15) is 0 Å². The summed E-state index contributed by atoms with van der Waals surface area (Å²) in [6, 6.07) is 7.00. The number of amides is 1. The van der Waals surface area contributed by atoms with Crippen molar-refractivity contribution in [2.75, 3.05) is 19.6 Å². The number of carboxylic acid groups (broad SMARTS) is 1. The molecule has 2 aromatic carbocycles. The van der Waals surface area contributed by atoms with Gasteiger partial charge in [-0.15, -0.1) is 0 Å². The molecular formula is C31H40FN2O3-. The fourth-order valence-electron chi connectivity index (χ4n) is 7.08. The highest BCUT2D eigenvalue weighted by atomic mass is 19.1. The Morgan fingerprint density at radius 1 is 1.14 bits per heavy atom. The van der Waals surface area contributed by atoms with Gasteiger partial charge in [0, 0.05) is 18.2 Å². The highest BCUT2D eigenvalue weighted by Crippen LogP contribution is 2.50. The number of fused-ring (bicyclic) bond motifs is 4. The van der Waals surface area contributed by atoms with Crippen LogP contribution in [0.5, 0.6) is 5.75 Å². The van der Waals surface area contributed by atoms with Crippen LogP contribution in [0.25, 0.3) is 11.1 Å². The minimum Gasteiger partial charge on any atom is -0.530 e. The topological polar surface area (TPSA) is 55.8 Å². The van der Waals surface area contributed by atoms with Gasteiger partial charge in [0.25, 0.3) is 0 Å². The molecule has 2 aromatic rings. The summed E-state index contributed by atoms with van der Waals surface area (Å²) in [5.74, 6) is 0.872. The second kappa shape index (κ2) is 9.61. The molecule has 3 aliphatic heterocycles. The Hall–Kier alpha value is -2.60. The zero-order valence-electron chi connectivity index (χ0n) is 23.1. The summed E-state index contributed by atoms with van der Waals surface area (Å²) >= 11 is 0. The SMILES string of the molecule is Cc1cc(-c2cc3c(cc2F)[C@H](N(C(=O)[O-])[C@@H]2CN4CCC2CC4)C(C)(C)CC3)cc(C)c1OC(C)C. The Kier molecular flexibility index (Phi) is 6.76. The summed E-state index contributed by atoms with van der Waals surface area (Å²) in [7, 11) is 0. The van der Waals surface area contributed by atoms with E-state index >= 15 is 4.39 Å². The summed E-state index contributed by atoms with van der Waals surface area (Å²) < 4.78 is 21.9. The maximum absolute atomic E-state index is 15.9. The number of hydrogen-bond acceptors (Lipinski definition) is 4. The van der Waals surface area contributed by atoms with Crippen molar-refractivity contribution in [1.29, 1.82) is 0 Å². The molecule has 2 atom stereocenters. The Bertz CT molecular complexity index is 1180. The molecule has 3 saturated heterocycles. The molecule has 0 aromatic heterocycles. The third kappa shape index (κ3) is 4.73. The maximum atomic E-state index is 15.9. The van der Waals surface area contributed by atoms with Crippen LogP contribution in [0.15, 0.2) is 24.3 Å². The molecule has 3 fully saturated rings. The summed E-state index contributed by atoms with van der Waals surface area (Å²) in [6.45, 7) is 15.0. The number of benzene rings is 2. The average Bonchev–Trinajstić information content (AvgIpc) is 2.83. The van der Waals surface area contributed by atoms with Crippen LogP contribution in [0, 0.1) is 31.0 Å². The van der Waals surface area contributed by atoms with E-state index in [2.05, 4.69) is 18.7 Å². The number of rotatable bonds is 5. The molecule has 4 aliphatic rings. The highest BCUT2D eigenvalue weighted by molar-refractivity contribution is 5.70. The third-order valence-corrected chi connectivity index (χ3v) is 8.90. The predicted octanol–water partition coefficient (Wildman–Crippen LogP) is 5.65. The smallest absolute Gasteiger partial charge is 0.137 e. The van der Waals surface area contributed by atoms with Crippen LogP contribution in [0.4, 0.5) is 9.18 Å². The minimum absolute atomic E-state index is 0.0619. The standard InChI is InChI=1S/C31H41FN2O3/c1-18(2)37-28-19(3)13-23(14-20(28)4)24-15-22-7-10-31(5,6)29(25(22)16-26(24)32)34(30(35)36)27-17-33-11-8-21(27)9-12-33/h13-16,18,21,27,29H,7-12,17H2,1-6H3,(H,35,36)/p-1/t27-,29+/m1/s1. The van der Waals surface area contributed by atoms with Crippen LogP contribution in [0.2, 0.25) is 0 Å². The van der Waals surface area contributed by atoms with E-state index in [0.717, 1.165) is 78.9 Å². The van der Waals surface area contributed by atoms with E-state index in [4.69, 9.17) is 4.74 Å². The summed E-state index contributed by atoms with van der Waals surface area (Å²) in [5.41, 5.74) is 4.84. The number of carbonyl (C=O) groups is 1. The summed E-state index contributed by atoms with van der Waals surface area (Å²) in [5, 5.41) is 12.7. The molecular weight excluding hydrogens is 467 g/mol. The fraction of sp³-hybridized carbons (Fsp3) is 0.581. The Balaban J connectivity index is 1.57. The molecule has 2 bridgehead atoms. The van der Waals surface area contributed by atoms with Crippen molar-refractivity contribution < 1.29 is 19.0 Å². The molecule has 0 unspecified atom stereocenters. The molecule has 0 N–H and O–H groups in total. The van der Waals surface area contributed by atoms with E-state index < -0.39 is 12.1 Å². The number of nitrogens with zero attached hydrogens (tertiary/aromatic N) is 2. The first-order valence-corrected chi connectivity index (χ1v) is 13.8. The van der Waals surface area contributed by atoms with Crippen LogP contribution in [-0.4, -0.2) is 47.7 Å². The fourth-order valence-corrected chi connectivity index (χ4v) is 7.08. The van der Waals surface area contributed by atoms with Crippen molar-refractivity contribution in [3.8, 4) is 16.9 Å². The van der Waals surface area contributed by atoms with Gasteiger partial charge in [0.15, 0.2) is 0 Å². The number of halogens is 1. The molecule has 37 heavy (non-hydrogen) atoms. The molecule has 1 aliphatic carbocycles. The molecule has 0 radical (unpaired) electrons. The van der Waals surface area contributed by atoms with Crippen LogP contribution >= 0.6 is 0 Å². The Labute approximate surface area is 220 Å². The van der Waals surface area contributed by atoms with Gasteiger partial charge < -0.3 is 24.4 Å². The normalized spacial score (nSPS) is 26.2. The van der Waals surface area contributed by atoms with Gasteiger partial charge in [0.1, 0.15) is 17.7 Å². The number of aryl methyl sites for hydroxylation is 3. The molecule has 1 amide bonds. The third-order valence-electron chi connectivity index (χ3n) is 8.90. The second-order valence-electron chi connectivity index (χ2n) is 12.4. The van der Waals surface area contributed by atoms with Crippen molar-refractivity contribution in [1.82, 2.24) is 9.80 Å². The number of carbonyl (C=O) groups excluding carboxylic acids is 1. The molecule has 0 spiro atoms. The average molecular weight is 508 g/mol. The quantitative estimate of drug-likeness (QED) is 0.525. The summed E-state index contributed by atoms with van der Waals surface area (Å²) in [6.07, 6.45) is 2.57. The monoisotopic (exact) mass is 507 g/mol. The lowest BCUT2D eigenvalue weighted by Crippen LogP contribution is -2.63. The van der Waals surface area contributed by atoms with E-state index in [9.17, 15) is 9.90 Å². The number of ether oxygens (including phenoxy) is 1. The van der Waals surface area contributed by atoms with Crippen molar-refractivity contribution in [2.45, 2.75) is 85.4 Å². The lowest BCUT2D eigenvalue weighted by molar-refractivity contribution is -0.277. The number of piperidine rings is 3. The largest absolute Gasteiger partial charge is 0.530 e. The Morgan fingerprint density at radius 2 is 1.78 bits per heavy atom. The van der Waals surface area contributed by atoms with Gasteiger partial charge >= 0.3 is 0 Å². The zero-order valence-corrected chi connectivity index (χ0v) is 23.1. The van der Waals surface area contributed by atoms with Crippen molar-refractivity contribution in [3.05, 3.63) is 52.3 Å². The first-order chi connectivity index (χ1) is 17.5. The van der Waals surface area contributed by atoms with E-state index in [0.29, 0.717) is 11.5 Å². The van der Waals surface area contributed by atoms with Crippen molar-refractivity contribution in [3.63, 3.8) is 0 Å². The van der Waals surface area contributed by atoms with E-state index in [-0.39, 0.29) is 23.4 Å². The molecule has 0 saturated carbocycles. The van der Waals surface area contributed by atoms with Gasteiger partial charge in [0.05, 0.1) is 12.1 Å². The van der Waals surface area contributed by atoms with Gasteiger partial charge in [-0.05, 0) is 130 Å². The molecule has 5 nitrogen and oxygen atoms in total.